The minimum atomic E-state index is -0.401. The van der Waals surface area contributed by atoms with Crippen LogP contribution in [0.1, 0.15) is 30.0 Å². The highest BCUT2D eigenvalue weighted by molar-refractivity contribution is 5.77. The number of ether oxygens (including phenoxy) is 1. The monoisotopic (exact) mass is 416 g/mol. The van der Waals surface area contributed by atoms with Crippen LogP contribution >= 0.6 is 0 Å². The summed E-state index contributed by atoms with van der Waals surface area (Å²) in [5.74, 6) is 0.284. The zero-order chi connectivity index (χ0) is 21.6. The molecule has 0 fully saturated rings. The highest BCUT2D eigenvalue weighted by Gasteiger charge is 2.17. The first-order valence-corrected chi connectivity index (χ1v) is 10.2. The van der Waals surface area contributed by atoms with Crippen molar-refractivity contribution in [3.63, 3.8) is 0 Å². The molecule has 0 spiro atoms. The lowest BCUT2D eigenvalue weighted by Gasteiger charge is -2.20. The topological polar surface area (TPSA) is 73.5 Å². The Balaban J connectivity index is 1.45. The van der Waals surface area contributed by atoms with Crippen LogP contribution in [0.2, 0.25) is 0 Å². The predicted octanol–water partition coefficient (Wildman–Crippen LogP) is 4.29. The minimum absolute atomic E-state index is 0.0782. The average molecular weight is 416 g/mol. The fraction of sp³-hybridized carbons (Fsp3) is 0.200. The Bertz CT molecular complexity index is 1210. The van der Waals surface area contributed by atoms with E-state index in [0.29, 0.717) is 25.0 Å². The van der Waals surface area contributed by atoms with Crippen LogP contribution in [-0.4, -0.2) is 17.6 Å². The van der Waals surface area contributed by atoms with Gasteiger partial charge in [0.05, 0.1) is 18.7 Å². The molecular formula is C25H24N2O4. The van der Waals surface area contributed by atoms with Gasteiger partial charge in [0.15, 0.2) is 5.58 Å². The van der Waals surface area contributed by atoms with Crippen molar-refractivity contribution in [1.82, 2.24) is 9.88 Å². The smallest absolute Gasteiger partial charge is 0.419 e. The van der Waals surface area contributed by atoms with Gasteiger partial charge < -0.3 is 14.5 Å². The van der Waals surface area contributed by atoms with Crippen molar-refractivity contribution in [2.45, 2.75) is 25.4 Å². The average Bonchev–Trinajstić information content (AvgIpc) is 3.13. The largest absolute Gasteiger partial charge is 0.497 e. The molecule has 158 valence electrons. The van der Waals surface area contributed by atoms with Crippen molar-refractivity contribution >= 4 is 17.0 Å². The number of aromatic nitrogens is 1. The maximum atomic E-state index is 12.8. The van der Waals surface area contributed by atoms with Gasteiger partial charge in [-0.25, -0.2) is 4.79 Å². The predicted molar refractivity (Wildman–Crippen MR) is 119 cm³/mol. The summed E-state index contributed by atoms with van der Waals surface area (Å²) in [6, 6.07) is 24.5. The van der Waals surface area contributed by atoms with Crippen LogP contribution in [0.5, 0.6) is 5.75 Å². The molecule has 0 aliphatic rings. The molecule has 0 radical (unpaired) electrons. The SMILES string of the molecule is COc1ccc([C@@H](NC(=O)CCCn2c(=O)oc3ccccc32)c2ccccc2)cc1. The summed E-state index contributed by atoms with van der Waals surface area (Å²) in [5.41, 5.74) is 3.27. The minimum Gasteiger partial charge on any atom is -0.497 e. The fourth-order valence-electron chi connectivity index (χ4n) is 3.66. The van der Waals surface area contributed by atoms with E-state index in [1.54, 1.807) is 17.7 Å². The third kappa shape index (κ3) is 4.69. The van der Waals surface area contributed by atoms with Gasteiger partial charge in [-0.05, 0) is 41.8 Å². The van der Waals surface area contributed by atoms with Gasteiger partial charge in [-0.15, -0.1) is 0 Å². The number of fused-ring (bicyclic) bond motifs is 1. The Kier molecular flexibility index (Phi) is 6.17. The number of amides is 1. The van der Waals surface area contributed by atoms with Crippen molar-refractivity contribution < 1.29 is 13.9 Å². The van der Waals surface area contributed by atoms with E-state index in [2.05, 4.69) is 5.32 Å². The zero-order valence-corrected chi connectivity index (χ0v) is 17.3. The van der Waals surface area contributed by atoms with Crippen LogP contribution in [0.3, 0.4) is 0 Å². The number of nitrogens with zero attached hydrogens (tertiary/aromatic N) is 1. The van der Waals surface area contributed by atoms with Gasteiger partial charge in [-0.3, -0.25) is 9.36 Å². The molecule has 1 atom stereocenters. The lowest BCUT2D eigenvalue weighted by atomic mass is 9.98. The molecule has 6 heteroatoms. The quantitative estimate of drug-likeness (QED) is 0.465. The number of aryl methyl sites for hydroxylation is 1. The van der Waals surface area contributed by atoms with E-state index in [1.165, 1.54) is 0 Å². The van der Waals surface area contributed by atoms with Crippen molar-refractivity contribution in [3.8, 4) is 5.75 Å². The van der Waals surface area contributed by atoms with Gasteiger partial charge in [-0.1, -0.05) is 54.6 Å². The molecule has 4 rings (SSSR count). The van der Waals surface area contributed by atoms with Crippen LogP contribution in [0.15, 0.2) is 88.1 Å². The molecule has 3 aromatic carbocycles. The molecule has 0 saturated carbocycles. The number of carbonyl (C=O) groups excluding carboxylic acids is 1. The van der Waals surface area contributed by atoms with E-state index >= 15 is 0 Å². The van der Waals surface area contributed by atoms with Crippen LogP contribution in [0, 0.1) is 0 Å². The maximum Gasteiger partial charge on any atom is 0.419 e. The van der Waals surface area contributed by atoms with Gasteiger partial charge in [0, 0.05) is 13.0 Å². The first-order valence-electron chi connectivity index (χ1n) is 10.2. The summed E-state index contributed by atoms with van der Waals surface area (Å²) in [7, 11) is 1.63. The highest BCUT2D eigenvalue weighted by Crippen LogP contribution is 2.24. The zero-order valence-electron chi connectivity index (χ0n) is 17.3. The van der Waals surface area contributed by atoms with E-state index < -0.39 is 5.76 Å². The van der Waals surface area contributed by atoms with Crippen molar-refractivity contribution in [2.75, 3.05) is 7.11 Å². The number of hydrogen-bond donors (Lipinski definition) is 1. The molecule has 1 aromatic heterocycles. The molecule has 0 bridgehead atoms. The molecule has 0 unspecified atom stereocenters. The number of nitrogens with one attached hydrogen (secondary N) is 1. The standard InChI is InChI=1S/C25H24N2O4/c1-30-20-15-13-19(14-16-20)24(18-8-3-2-4-9-18)26-23(28)12-7-17-27-21-10-5-6-11-22(21)31-25(27)29/h2-6,8-11,13-16,24H,7,12,17H2,1H3,(H,26,28)/t24-/m0/s1. The number of para-hydroxylation sites is 2. The Morgan fingerprint density at radius 2 is 1.65 bits per heavy atom. The van der Waals surface area contributed by atoms with Crippen molar-refractivity contribution in [2.24, 2.45) is 0 Å². The third-order valence-electron chi connectivity index (χ3n) is 5.25. The second-order valence-corrected chi connectivity index (χ2v) is 7.28. The molecule has 1 amide bonds. The summed E-state index contributed by atoms with van der Waals surface area (Å²) in [5, 5.41) is 3.13. The van der Waals surface area contributed by atoms with E-state index in [9.17, 15) is 9.59 Å². The maximum absolute atomic E-state index is 12.8. The van der Waals surface area contributed by atoms with E-state index in [4.69, 9.17) is 9.15 Å². The van der Waals surface area contributed by atoms with Gasteiger partial charge in [0.2, 0.25) is 5.91 Å². The Hall–Kier alpha value is -3.80. The lowest BCUT2D eigenvalue weighted by molar-refractivity contribution is -0.121. The normalized spacial score (nSPS) is 11.9. The van der Waals surface area contributed by atoms with Crippen LogP contribution in [0.25, 0.3) is 11.1 Å². The number of rotatable bonds is 8. The number of methoxy groups -OCH3 is 1. The Morgan fingerprint density at radius 1 is 0.968 bits per heavy atom. The second kappa shape index (κ2) is 9.34. The molecule has 31 heavy (non-hydrogen) atoms. The molecule has 1 N–H and O–H groups in total. The Labute approximate surface area is 180 Å². The molecule has 1 heterocycles. The molecule has 6 nitrogen and oxygen atoms in total. The molecule has 0 aliphatic heterocycles. The van der Waals surface area contributed by atoms with Gasteiger partial charge in [0.1, 0.15) is 5.75 Å². The van der Waals surface area contributed by atoms with Gasteiger partial charge >= 0.3 is 5.76 Å². The van der Waals surface area contributed by atoms with Crippen LogP contribution in [-0.2, 0) is 11.3 Å². The molecule has 0 saturated heterocycles. The van der Waals surface area contributed by atoms with Gasteiger partial charge in [-0.2, -0.15) is 0 Å². The lowest BCUT2D eigenvalue weighted by Crippen LogP contribution is -2.29. The summed E-state index contributed by atoms with van der Waals surface area (Å²) in [6.45, 7) is 0.418. The second-order valence-electron chi connectivity index (χ2n) is 7.28. The first kappa shape index (κ1) is 20.5. The van der Waals surface area contributed by atoms with Crippen molar-refractivity contribution in [3.05, 3.63) is 101 Å². The summed E-state index contributed by atoms with van der Waals surface area (Å²) >= 11 is 0. The molecule has 4 aromatic rings. The van der Waals surface area contributed by atoms with Crippen LogP contribution in [0.4, 0.5) is 0 Å². The number of oxazole rings is 1. The van der Waals surface area contributed by atoms with Gasteiger partial charge in [0.25, 0.3) is 0 Å². The molecular weight excluding hydrogens is 392 g/mol. The molecule has 0 aliphatic carbocycles. The number of benzene rings is 3. The summed E-state index contributed by atoms with van der Waals surface area (Å²) < 4.78 is 12.1. The van der Waals surface area contributed by atoms with Crippen LogP contribution < -0.4 is 15.8 Å². The van der Waals surface area contributed by atoms with Crippen molar-refractivity contribution in [1.29, 1.82) is 0 Å². The third-order valence-corrected chi connectivity index (χ3v) is 5.25. The number of hydrogen-bond acceptors (Lipinski definition) is 4. The first-order chi connectivity index (χ1) is 15.2. The van der Waals surface area contributed by atoms with E-state index in [1.807, 2.05) is 72.8 Å². The van der Waals surface area contributed by atoms with E-state index in [0.717, 1.165) is 22.4 Å². The van der Waals surface area contributed by atoms with E-state index in [-0.39, 0.29) is 11.9 Å². The number of carbonyl (C=O) groups is 1. The highest BCUT2D eigenvalue weighted by atomic mass is 16.5. The summed E-state index contributed by atoms with van der Waals surface area (Å²) in [4.78, 5) is 24.9. The summed E-state index contributed by atoms with van der Waals surface area (Å²) in [6.07, 6.45) is 0.824. The Morgan fingerprint density at radius 3 is 2.39 bits per heavy atom. The fourth-order valence-corrected chi connectivity index (χ4v) is 3.66.